The Balaban J connectivity index is 3.37. The van der Waals surface area contributed by atoms with E-state index in [9.17, 15) is 9.59 Å². The fourth-order valence-corrected chi connectivity index (χ4v) is 0.579. The quantitative estimate of drug-likeness (QED) is 0.494. The van der Waals surface area contributed by atoms with Gasteiger partial charge in [-0.1, -0.05) is 13.3 Å². The van der Waals surface area contributed by atoms with E-state index in [1.807, 2.05) is 6.92 Å². The summed E-state index contributed by atoms with van der Waals surface area (Å²) in [6, 6.07) is 0. The molecule has 0 aliphatic heterocycles. The molecule has 0 spiro atoms. The van der Waals surface area contributed by atoms with Gasteiger partial charge in [-0.2, -0.15) is 0 Å². The van der Waals surface area contributed by atoms with E-state index in [4.69, 9.17) is 5.11 Å². The molecule has 0 aromatic heterocycles. The molecule has 0 saturated heterocycles. The van der Waals surface area contributed by atoms with Crippen molar-refractivity contribution in [2.45, 2.75) is 26.2 Å². The molecule has 0 bridgehead atoms. The summed E-state index contributed by atoms with van der Waals surface area (Å²) in [7, 11) is 0. The summed E-state index contributed by atoms with van der Waals surface area (Å²) in [4.78, 5) is 21.2. The van der Waals surface area contributed by atoms with Gasteiger partial charge in [-0.15, -0.1) is 0 Å². The fourth-order valence-electron chi connectivity index (χ4n) is 0.579. The highest BCUT2D eigenvalue weighted by Gasteiger charge is 2.01. The van der Waals surface area contributed by atoms with Gasteiger partial charge >= 0.3 is 0 Å². The second-order valence-electron chi connectivity index (χ2n) is 2.36. The first kappa shape index (κ1) is 10.9. The average Bonchev–Trinajstić information content (AvgIpc) is 2.10. The van der Waals surface area contributed by atoms with E-state index in [0.717, 1.165) is 12.8 Å². The van der Waals surface area contributed by atoms with E-state index in [2.05, 4.69) is 10.9 Å². The lowest BCUT2D eigenvalue weighted by Gasteiger charge is -2.04. The van der Waals surface area contributed by atoms with Crippen molar-refractivity contribution >= 4 is 11.8 Å². The summed E-state index contributed by atoms with van der Waals surface area (Å²) in [5.41, 5.74) is 4.22. The van der Waals surface area contributed by atoms with Gasteiger partial charge in [0.05, 0.1) is 0 Å². The number of rotatable bonds is 4. The first-order valence-corrected chi connectivity index (χ1v) is 3.89. The molecule has 0 aliphatic carbocycles. The molecule has 0 heterocycles. The van der Waals surface area contributed by atoms with Crippen molar-refractivity contribution in [1.29, 1.82) is 0 Å². The highest BCUT2D eigenvalue weighted by molar-refractivity contribution is 5.82. The van der Waals surface area contributed by atoms with Crippen molar-refractivity contribution in [3.05, 3.63) is 0 Å². The van der Waals surface area contributed by atoms with Crippen LogP contribution in [0.15, 0.2) is 0 Å². The predicted molar refractivity (Wildman–Crippen MR) is 42.9 cm³/mol. The van der Waals surface area contributed by atoms with Crippen LogP contribution in [0.5, 0.6) is 0 Å². The van der Waals surface area contributed by atoms with Crippen LogP contribution in [-0.2, 0) is 9.59 Å². The van der Waals surface area contributed by atoms with Gasteiger partial charge in [0.2, 0.25) is 5.91 Å². The molecular weight excluding hydrogens is 160 g/mol. The summed E-state index contributed by atoms with van der Waals surface area (Å²) >= 11 is 0. The maximum Gasteiger partial charge on any atom is 0.264 e. The fraction of sp³-hybridized carbons (Fsp3) is 0.714. The number of amides is 2. The van der Waals surface area contributed by atoms with Gasteiger partial charge in [0, 0.05) is 6.42 Å². The van der Waals surface area contributed by atoms with Crippen molar-refractivity contribution in [2.24, 2.45) is 0 Å². The Bertz CT molecular complexity index is 159. The number of hydrogen-bond acceptors (Lipinski definition) is 3. The Kier molecular flexibility index (Phi) is 6.00. The lowest BCUT2D eigenvalue weighted by molar-refractivity contribution is -0.130. The zero-order chi connectivity index (χ0) is 9.40. The van der Waals surface area contributed by atoms with Gasteiger partial charge in [0.1, 0.15) is 6.61 Å². The molecule has 0 fully saturated rings. The van der Waals surface area contributed by atoms with Crippen LogP contribution in [0, 0.1) is 0 Å². The molecule has 12 heavy (non-hydrogen) atoms. The number of carbonyl (C=O) groups is 2. The first-order valence-electron chi connectivity index (χ1n) is 3.89. The molecular formula is C7H14N2O3. The van der Waals surface area contributed by atoms with Crippen LogP contribution in [0.2, 0.25) is 0 Å². The second-order valence-corrected chi connectivity index (χ2v) is 2.36. The van der Waals surface area contributed by atoms with Crippen LogP contribution < -0.4 is 10.9 Å². The highest BCUT2D eigenvalue weighted by atomic mass is 16.3. The first-order chi connectivity index (χ1) is 5.70. The van der Waals surface area contributed by atoms with Crippen LogP contribution in [0.3, 0.4) is 0 Å². The van der Waals surface area contributed by atoms with Crippen LogP contribution in [-0.4, -0.2) is 23.5 Å². The molecule has 0 aromatic carbocycles. The molecule has 5 nitrogen and oxygen atoms in total. The zero-order valence-corrected chi connectivity index (χ0v) is 7.09. The third-order valence-electron chi connectivity index (χ3n) is 1.24. The Morgan fingerprint density at radius 2 is 1.83 bits per heavy atom. The number of hydrogen-bond donors (Lipinski definition) is 3. The molecule has 0 rings (SSSR count). The Morgan fingerprint density at radius 1 is 1.25 bits per heavy atom. The second kappa shape index (κ2) is 6.60. The number of aliphatic hydroxyl groups is 1. The summed E-state index contributed by atoms with van der Waals surface area (Å²) < 4.78 is 0. The minimum atomic E-state index is -0.617. The van der Waals surface area contributed by atoms with Gasteiger partial charge in [-0.25, -0.2) is 0 Å². The minimum Gasteiger partial charge on any atom is -0.386 e. The molecule has 0 aromatic rings. The number of carbonyl (C=O) groups excluding carboxylic acids is 2. The highest BCUT2D eigenvalue weighted by Crippen LogP contribution is 1.91. The van der Waals surface area contributed by atoms with E-state index in [1.165, 1.54) is 0 Å². The standard InChI is InChI=1S/C7H14N2O3/c1-2-3-4-6(11)8-9-7(12)5-10/h10H,2-5H2,1H3,(H,8,11)(H,9,12). The molecule has 3 N–H and O–H groups in total. The Morgan fingerprint density at radius 3 is 2.33 bits per heavy atom. The maximum absolute atomic E-state index is 10.8. The van der Waals surface area contributed by atoms with E-state index in [1.54, 1.807) is 0 Å². The van der Waals surface area contributed by atoms with E-state index in [0.29, 0.717) is 6.42 Å². The van der Waals surface area contributed by atoms with E-state index in [-0.39, 0.29) is 5.91 Å². The topological polar surface area (TPSA) is 78.4 Å². The molecule has 0 saturated carbocycles. The molecule has 0 unspecified atom stereocenters. The van der Waals surface area contributed by atoms with Crippen molar-refractivity contribution in [3.63, 3.8) is 0 Å². The molecule has 2 amide bonds. The van der Waals surface area contributed by atoms with Crippen molar-refractivity contribution < 1.29 is 14.7 Å². The zero-order valence-electron chi connectivity index (χ0n) is 7.09. The van der Waals surface area contributed by atoms with Gasteiger partial charge < -0.3 is 5.11 Å². The summed E-state index contributed by atoms with van der Waals surface area (Å²) in [5.74, 6) is -0.849. The molecule has 5 heteroatoms. The van der Waals surface area contributed by atoms with Crippen LogP contribution >= 0.6 is 0 Å². The lowest BCUT2D eigenvalue weighted by atomic mass is 10.2. The van der Waals surface area contributed by atoms with Gasteiger partial charge in [0.15, 0.2) is 0 Å². The SMILES string of the molecule is CCCCC(=O)NNC(=O)CO. The van der Waals surface area contributed by atoms with Crippen molar-refractivity contribution in [2.75, 3.05) is 6.61 Å². The van der Waals surface area contributed by atoms with Crippen LogP contribution in [0.25, 0.3) is 0 Å². The molecule has 0 radical (unpaired) electrons. The van der Waals surface area contributed by atoms with Crippen LogP contribution in [0.4, 0.5) is 0 Å². The summed E-state index contributed by atoms with van der Waals surface area (Å²) in [5, 5.41) is 8.26. The van der Waals surface area contributed by atoms with Gasteiger partial charge in [-0.05, 0) is 6.42 Å². The normalized spacial score (nSPS) is 9.17. The smallest absolute Gasteiger partial charge is 0.264 e. The third kappa shape index (κ3) is 5.67. The van der Waals surface area contributed by atoms with Gasteiger partial charge in [0.25, 0.3) is 5.91 Å². The van der Waals surface area contributed by atoms with E-state index >= 15 is 0 Å². The Labute approximate surface area is 71.1 Å². The number of unbranched alkanes of at least 4 members (excludes halogenated alkanes) is 1. The summed E-state index contributed by atoms with van der Waals surface area (Å²) in [6.45, 7) is 1.35. The van der Waals surface area contributed by atoms with Crippen molar-refractivity contribution in [1.82, 2.24) is 10.9 Å². The largest absolute Gasteiger partial charge is 0.386 e. The summed E-state index contributed by atoms with van der Waals surface area (Å²) in [6.07, 6.45) is 2.12. The average molecular weight is 174 g/mol. The van der Waals surface area contributed by atoms with Crippen LogP contribution in [0.1, 0.15) is 26.2 Å². The van der Waals surface area contributed by atoms with Gasteiger partial charge in [-0.3, -0.25) is 20.4 Å². The number of nitrogens with one attached hydrogen (secondary N) is 2. The molecule has 70 valence electrons. The third-order valence-corrected chi connectivity index (χ3v) is 1.24. The lowest BCUT2D eigenvalue weighted by Crippen LogP contribution is -2.42. The number of hydrazine groups is 1. The maximum atomic E-state index is 10.8. The minimum absolute atomic E-state index is 0.237. The Hall–Kier alpha value is -1.10. The van der Waals surface area contributed by atoms with Crippen molar-refractivity contribution in [3.8, 4) is 0 Å². The van der Waals surface area contributed by atoms with E-state index < -0.39 is 12.5 Å². The molecule has 0 aliphatic rings. The number of aliphatic hydroxyl groups excluding tert-OH is 1. The monoisotopic (exact) mass is 174 g/mol. The molecule has 0 atom stereocenters. The predicted octanol–water partition coefficient (Wildman–Crippen LogP) is -0.684.